The summed E-state index contributed by atoms with van der Waals surface area (Å²) < 4.78 is 0. The summed E-state index contributed by atoms with van der Waals surface area (Å²) in [6.07, 6.45) is 3.78. The molecule has 0 saturated carbocycles. The molecule has 0 bridgehead atoms. The molecule has 1 aromatic heterocycles. The van der Waals surface area contributed by atoms with Gasteiger partial charge in [-0.25, -0.2) is 0 Å². The Hall–Kier alpha value is -2.72. The number of amides is 1. The van der Waals surface area contributed by atoms with E-state index in [1.165, 1.54) is 16.3 Å². The summed E-state index contributed by atoms with van der Waals surface area (Å²) >= 11 is 0. The van der Waals surface area contributed by atoms with Gasteiger partial charge in [-0.1, -0.05) is 48.5 Å². The summed E-state index contributed by atoms with van der Waals surface area (Å²) in [6.45, 7) is 3.26. The first-order chi connectivity index (χ1) is 13.3. The molecule has 4 rings (SSSR count). The lowest BCUT2D eigenvalue weighted by Crippen LogP contribution is -2.42. The summed E-state index contributed by atoms with van der Waals surface area (Å²) in [7, 11) is 0. The Balaban J connectivity index is 1.38. The lowest BCUT2D eigenvalue weighted by Gasteiger charge is -2.32. The highest BCUT2D eigenvalue weighted by Gasteiger charge is 2.25. The van der Waals surface area contributed by atoms with Gasteiger partial charge >= 0.3 is 0 Å². The fourth-order valence-electron chi connectivity index (χ4n) is 3.91. The van der Waals surface area contributed by atoms with Gasteiger partial charge in [0.1, 0.15) is 0 Å². The zero-order valence-corrected chi connectivity index (χ0v) is 15.5. The predicted molar refractivity (Wildman–Crippen MR) is 108 cm³/mol. The van der Waals surface area contributed by atoms with E-state index in [9.17, 15) is 4.79 Å². The molecule has 0 aliphatic carbocycles. The number of pyridine rings is 1. The molecule has 0 radical (unpaired) electrons. The average molecular weight is 359 g/mol. The molecule has 1 fully saturated rings. The molecule has 1 unspecified atom stereocenters. The lowest BCUT2D eigenvalue weighted by atomic mass is 9.96. The number of carbonyl (C=O) groups excluding carboxylic acids is 1. The number of nitrogens with zero attached hydrogens (tertiary/aromatic N) is 2. The van der Waals surface area contributed by atoms with Gasteiger partial charge in [0, 0.05) is 19.3 Å². The number of nitrogens with one attached hydrogen (secondary N) is 1. The van der Waals surface area contributed by atoms with Crippen molar-refractivity contribution in [1.82, 2.24) is 15.2 Å². The van der Waals surface area contributed by atoms with Crippen LogP contribution in [0.15, 0.2) is 66.9 Å². The Bertz CT molecular complexity index is 904. The first kappa shape index (κ1) is 17.7. The normalized spacial score (nSPS) is 17.7. The van der Waals surface area contributed by atoms with Crippen LogP contribution in [0.2, 0.25) is 0 Å². The van der Waals surface area contributed by atoms with Gasteiger partial charge in [-0.2, -0.15) is 0 Å². The Morgan fingerprint density at radius 1 is 1.07 bits per heavy atom. The molecule has 2 heterocycles. The Kier molecular flexibility index (Phi) is 5.45. The van der Waals surface area contributed by atoms with Crippen LogP contribution in [0.4, 0.5) is 0 Å². The van der Waals surface area contributed by atoms with Gasteiger partial charge in [0.05, 0.1) is 18.2 Å². The molecule has 1 aliphatic rings. The molecule has 1 amide bonds. The van der Waals surface area contributed by atoms with Crippen molar-refractivity contribution in [3.63, 3.8) is 0 Å². The number of carbonyl (C=O) groups is 1. The highest BCUT2D eigenvalue weighted by atomic mass is 16.1. The minimum Gasteiger partial charge on any atom is -0.350 e. The second-order valence-corrected chi connectivity index (χ2v) is 7.25. The van der Waals surface area contributed by atoms with Crippen molar-refractivity contribution in [2.45, 2.75) is 25.9 Å². The smallest absolute Gasteiger partial charge is 0.224 e. The van der Waals surface area contributed by atoms with Crippen LogP contribution in [0.3, 0.4) is 0 Å². The molecular formula is C23H25N3O. The number of piperidine rings is 1. The van der Waals surface area contributed by atoms with E-state index in [0.717, 1.165) is 38.2 Å². The molecule has 1 saturated heterocycles. The monoisotopic (exact) mass is 359 g/mol. The van der Waals surface area contributed by atoms with E-state index in [4.69, 9.17) is 0 Å². The zero-order chi connectivity index (χ0) is 18.5. The Labute approximate surface area is 160 Å². The maximum atomic E-state index is 12.6. The molecule has 1 N–H and O–H groups in total. The van der Waals surface area contributed by atoms with Crippen LogP contribution in [0.1, 0.15) is 24.1 Å². The van der Waals surface area contributed by atoms with E-state index < -0.39 is 0 Å². The van der Waals surface area contributed by atoms with Crippen molar-refractivity contribution >= 4 is 16.7 Å². The number of benzene rings is 2. The fraction of sp³-hybridized carbons (Fsp3) is 0.304. The van der Waals surface area contributed by atoms with Crippen molar-refractivity contribution in [2.24, 2.45) is 5.92 Å². The van der Waals surface area contributed by atoms with Crippen LogP contribution in [-0.2, 0) is 17.9 Å². The number of hydrogen-bond acceptors (Lipinski definition) is 3. The van der Waals surface area contributed by atoms with E-state index >= 15 is 0 Å². The number of fused-ring (bicyclic) bond motifs is 1. The van der Waals surface area contributed by atoms with Crippen LogP contribution < -0.4 is 5.32 Å². The van der Waals surface area contributed by atoms with E-state index in [2.05, 4.69) is 57.7 Å². The summed E-state index contributed by atoms with van der Waals surface area (Å²) in [6, 6.07) is 20.8. The molecular weight excluding hydrogens is 334 g/mol. The third kappa shape index (κ3) is 4.34. The Morgan fingerprint density at radius 3 is 2.81 bits per heavy atom. The van der Waals surface area contributed by atoms with Gasteiger partial charge in [-0.3, -0.25) is 14.7 Å². The van der Waals surface area contributed by atoms with Gasteiger partial charge in [-0.15, -0.1) is 0 Å². The second kappa shape index (κ2) is 8.31. The SMILES string of the molecule is O=C(NCc1ccccn1)C1CCCN(Cc2cccc3ccccc23)C1. The van der Waals surface area contributed by atoms with E-state index in [1.54, 1.807) is 6.20 Å². The lowest BCUT2D eigenvalue weighted by molar-refractivity contribution is -0.127. The topological polar surface area (TPSA) is 45.2 Å². The summed E-state index contributed by atoms with van der Waals surface area (Å²) in [4.78, 5) is 19.3. The molecule has 4 nitrogen and oxygen atoms in total. The van der Waals surface area contributed by atoms with E-state index in [1.807, 2.05) is 18.2 Å². The molecule has 4 heteroatoms. The summed E-state index contributed by atoms with van der Waals surface area (Å²) in [5.41, 5.74) is 2.23. The minimum atomic E-state index is 0.0532. The number of hydrogen-bond donors (Lipinski definition) is 1. The largest absolute Gasteiger partial charge is 0.350 e. The van der Waals surface area contributed by atoms with Crippen LogP contribution in [0.5, 0.6) is 0 Å². The van der Waals surface area contributed by atoms with Crippen molar-refractivity contribution in [2.75, 3.05) is 13.1 Å². The number of aromatic nitrogens is 1. The maximum absolute atomic E-state index is 12.6. The van der Waals surface area contributed by atoms with E-state index in [-0.39, 0.29) is 11.8 Å². The third-order valence-electron chi connectivity index (χ3n) is 5.32. The first-order valence-electron chi connectivity index (χ1n) is 9.66. The molecule has 0 spiro atoms. The van der Waals surface area contributed by atoms with Gasteiger partial charge < -0.3 is 5.32 Å². The highest BCUT2D eigenvalue weighted by Crippen LogP contribution is 2.23. The molecule has 27 heavy (non-hydrogen) atoms. The maximum Gasteiger partial charge on any atom is 0.224 e. The summed E-state index contributed by atoms with van der Waals surface area (Å²) in [5, 5.41) is 5.64. The minimum absolute atomic E-state index is 0.0532. The highest BCUT2D eigenvalue weighted by molar-refractivity contribution is 5.85. The quantitative estimate of drug-likeness (QED) is 0.754. The molecule has 1 aliphatic heterocycles. The van der Waals surface area contributed by atoms with Crippen LogP contribution in [0.25, 0.3) is 10.8 Å². The molecule has 3 aromatic rings. The first-order valence-corrected chi connectivity index (χ1v) is 9.66. The van der Waals surface area contributed by atoms with Crippen molar-refractivity contribution in [1.29, 1.82) is 0 Å². The van der Waals surface area contributed by atoms with Crippen molar-refractivity contribution < 1.29 is 4.79 Å². The van der Waals surface area contributed by atoms with Crippen LogP contribution in [-0.4, -0.2) is 28.9 Å². The second-order valence-electron chi connectivity index (χ2n) is 7.25. The third-order valence-corrected chi connectivity index (χ3v) is 5.32. The fourth-order valence-corrected chi connectivity index (χ4v) is 3.91. The Morgan fingerprint density at radius 2 is 1.93 bits per heavy atom. The number of rotatable bonds is 5. The molecule has 2 aromatic carbocycles. The predicted octanol–water partition coefficient (Wildman–Crippen LogP) is 3.76. The molecule has 1 atom stereocenters. The number of likely N-dealkylation sites (tertiary alicyclic amines) is 1. The van der Waals surface area contributed by atoms with Gasteiger partial charge in [-0.05, 0) is 47.9 Å². The van der Waals surface area contributed by atoms with Crippen LogP contribution in [0, 0.1) is 5.92 Å². The van der Waals surface area contributed by atoms with Gasteiger partial charge in [0.25, 0.3) is 0 Å². The van der Waals surface area contributed by atoms with Crippen LogP contribution >= 0.6 is 0 Å². The zero-order valence-electron chi connectivity index (χ0n) is 15.5. The summed E-state index contributed by atoms with van der Waals surface area (Å²) in [5.74, 6) is 0.195. The van der Waals surface area contributed by atoms with Crippen molar-refractivity contribution in [3.8, 4) is 0 Å². The van der Waals surface area contributed by atoms with Gasteiger partial charge in [0.15, 0.2) is 0 Å². The van der Waals surface area contributed by atoms with E-state index in [0.29, 0.717) is 6.54 Å². The molecule has 138 valence electrons. The average Bonchev–Trinajstić information content (AvgIpc) is 2.73. The van der Waals surface area contributed by atoms with Crippen molar-refractivity contribution in [3.05, 3.63) is 78.1 Å². The van der Waals surface area contributed by atoms with Gasteiger partial charge in [0.2, 0.25) is 5.91 Å². The standard InChI is InChI=1S/C23H25N3O/c27-23(25-15-21-11-3-4-13-24-21)20-10-6-14-26(17-20)16-19-9-5-8-18-7-1-2-12-22(18)19/h1-5,7-9,11-13,20H,6,10,14-17H2,(H,25,27).